The molecule has 6 heteroatoms. The highest BCUT2D eigenvalue weighted by atomic mass is 16.5. The molecular formula is C22H25NO5. The number of benzene rings is 2. The van der Waals surface area contributed by atoms with Gasteiger partial charge in [-0.05, 0) is 36.8 Å². The Hall–Kier alpha value is -3.15. The van der Waals surface area contributed by atoms with E-state index < -0.39 is 0 Å². The molecule has 1 aliphatic rings. The number of nitrogens with one attached hydrogen (secondary N) is 1. The quantitative estimate of drug-likeness (QED) is 0.771. The molecule has 3 rings (SSSR count). The van der Waals surface area contributed by atoms with Gasteiger partial charge in [-0.1, -0.05) is 17.7 Å². The summed E-state index contributed by atoms with van der Waals surface area (Å²) in [6.07, 6.45) is 3.96. The summed E-state index contributed by atoms with van der Waals surface area (Å²) in [5.74, 6) is 2.25. The van der Waals surface area contributed by atoms with Crippen molar-refractivity contribution in [1.82, 2.24) is 5.32 Å². The van der Waals surface area contributed by atoms with Gasteiger partial charge in [0.2, 0.25) is 11.7 Å². The molecule has 0 aliphatic carbocycles. The van der Waals surface area contributed by atoms with Gasteiger partial charge in [0, 0.05) is 18.1 Å². The van der Waals surface area contributed by atoms with Crippen molar-refractivity contribution in [3.8, 4) is 23.0 Å². The second-order valence-corrected chi connectivity index (χ2v) is 6.53. The predicted octanol–water partition coefficient (Wildman–Crippen LogP) is 3.67. The number of amides is 1. The van der Waals surface area contributed by atoms with Crippen molar-refractivity contribution in [2.75, 3.05) is 27.9 Å². The molecule has 2 aromatic rings. The zero-order valence-corrected chi connectivity index (χ0v) is 16.6. The Morgan fingerprint density at radius 1 is 1.11 bits per heavy atom. The van der Waals surface area contributed by atoms with Crippen LogP contribution in [0.1, 0.15) is 29.2 Å². The van der Waals surface area contributed by atoms with E-state index in [1.165, 1.54) is 6.08 Å². The number of methoxy groups -OCH3 is 3. The first-order chi connectivity index (χ1) is 13.5. The van der Waals surface area contributed by atoms with E-state index in [4.69, 9.17) is 18.9 Å². The van der Waals surface area contributed by atoms with E-state index >= 15 is 0 Å². The van der Waals surface area contributed by atoms with Crippen molar-refractivity contribution in [2.45, 2.75) is 19.4 Å². The van der Waals surface area contributed by atoms with Gasteiger partial charge in [-0.2, -0.15) is 0 Å². The number of aryl methyl sites for hydroxylation is 1. The molecule has 0 fully saturated rings. The molecule has 0 aromatic heterocycles. The third-order valence-electron chi connectivity index (χ3n) is 4.64. The van der Waals surface area contributed by atoms with Crippen molar-refractivity contribution in [3.05, 3.63) is 53.1 Å². The number of carbonyl (C=O) groups is 1. The molecule has 0 saturated heterocycles. The highest BCUT2D eigenvalue weighted by molar-refractivity contribution is 5.92. The Balaban J connectivity index is 1.76. The van der Waals surface area contributed by atoms with Gasteiger partial charge in [-0.15, -0.1) is 0 Å². The molecule has 148 valence electrons. The minimum atomic E-state index is -0.173. The fraction of sp³-hybridized carbons (Fsp3) is 0.318. The number of hydrogen-bond donors (Lipinski definition) is 1. The first kappa shape index (κ1) is 19.6. The zero-order valence-electron chi connectivity index (χ0n) is 16.6. The van der Waals surface area contributed by atoms with Crippen molar-refractivity contribution in [3.63, 3.8) is 0 Å². The highest BCUT2D eigenvalue weighted by Crippen LogP contribution is 2.38. The van der Waals surface area contributed by atoms with Crippen LogP contribution < -0.4 is 24.3 Å². The first-order valence-electron chi connectivity index (χ1n) is 9.07. The standard InChI is InChI=1S/C22H25NO5/c1-14-5-7-18-16(11-14)17(9-10-28-18)23-21(24)8-6-15-12-19(25-2)22(27-4)20(13-15)26-3/h5-8,11-13,17H,9-10H2,1-4H3,(H,23,24)/b8-6+. The molecule has 0 bridgehead atoms. The van der Waals surface area contributed by atoms with E-state index in [1.54, 1.807) is 39.5 Å². The van der Waals surface area contributed by atoms with E-state index in [-0.39, 0.29) is 11.9 Å². The fourth-order valence-corrected chi connectivity index (χ4v) is 3.25. The van der Waals surface area contributed by atoms with Crippen LogP contribution in [0, 0.1) is 6.92 Å². The minimum Gasteiger partial charge on any atom is -0.493 e. The van der Waals surface area contributed by atoms with E-state index in [2.05, 4.69) is 11.4 Å². The topological polar surface area (TPSA) is 66.0 Å². The molecule has 6 nitrogen and oxygen atoms in total. The fourth-order valence-electron chi connectivity index (χ4n) is 3.25. The third-order valence-corrected chi connectivity index (χ3v) is 4.64. The van der Waals surface area contributed by atoms with Crippen LogP contribution in [0.25, 0.3) is 6.08 Å². The summed E-state index contributed by atoms with van der Waals surface area (Å²) in [5, 5.41) is 3.06. The second kappa shape index (κ2) is 8.69. The van der Waals surface area contributed by atoms with Crippen molar-refractivity contribution in [1.29, 1.82) is 0 Å². The van der Waals surface area contributed by atoms with E-state index in [1.807, 2.05) is 19.1 Å². The van der Waals surface area contributed by atoms with Crippen LogP contribution in [0.5, 0.6) is 23.0 Å². The number of carbonyl (C=O) groups excluding carboxylic acids is 1. The monoisotopic (exact) mass is 383 g/mol. The Bertz CT molecular complexity index is 865. The van der Waals surface area contributed by atoms with E-state index in [0.717, 1.165) is 28.9 Å². The average molecular weight is 383 g/mol. The molecule has 0 spiro atoms. The highest BCUT2D eigenvalue weighted by Gasteiger charge is 2.22. The lowest BCUT2D eigenvalue weighted by Gasteiger charge is -2.26. The molecule has 2 aromatic carbocycles. The Morgan fingerprint density at radius 2 is 1.82 bits per heavy atom. The van der Waals surface area contributed by atoms with Crippen molar-refractivity contribution < 1.29 is 23.7 Å². The van der Waals surface area contributed by atoms with Gasteiger partial charge in [0.05, 0.1) is 34.0 Å². The van der Waals surface area contributed by atoms with Crippen LogP contribution in [0.4, 0.5) is 0 Å². The summed E-state index contributed by atoms with van der Waals surface area (Å²) in [6.45, 7) is 2.61. The molecule has 1 atom stereocenters. The second-order valence-electron chi connectivity index (χ2n) is 6.53. The van der Waals surface area contributed by atoms with Crippen molar-refractivity contribution in [2.24, 2.45) is 0 Å². The summed E-state index contributed by atoms with van der Waals surface area (Å²) in [7, 11) is 4.67. The number of rotatable bonds is 6. The molecule has 1 aliphatic heterocycles. The average Bonchev–Trinajstić information content (AvgIpc) is 2.71. The third kappa shape index (κ3) is 4.22. The van der Waals surface area contributed by atoms with E-state index in [0.29, 0.717) is 23.9 Å². The molecule has 28 heavy (non-hydrogen) atoms. The lowest BCUT2D eigenvalue weighted by atomic mass is 9.98. The number of hydrogen-bond acceptors (Lipinski definition) is 5. The predicted molar refractivity (Wildman–Crippen MR) is 107 cm³/mol. The molecule has 1 N–H and O–H groups in total. The van der Waals surface area contributed by atoms with Crippen LogP contribution in [0.3, 0.4) is 0 Å². The summed E-state index contributed by atoms with van der Waals surface area (Å²) in [4.78, 5) is 12.5. The summed E-state index contributed by atoms with van der Waals surface area (Å²) < 4.78 is 21.7. The van der Waals surface area contributed by atoms with Gasteiger partial charge in [0.25, 0.3) is 0 Å². The summed E-state index contributed by atoms with van der Waals surface area (Å²) in [6, 6.07) is 9.53. The van der Waals surface area contributed by atoms with Gasteiger partial charge in [-0.3, -0.25) is 4.79 Å². The van der Waals surface area contributed by atoms with Crippen LogP contribution in [-0.2, 0) is 4.79 Å². The maximum absolute atomic E-state index is 12.5. The summed E-state index contributed by atoms with van der Waals surface area (Å²) in [5.41, 5.74) is 2.92. The van der Waals surface area contributed by atoms with Crippen LogP contribution >= 0.6 is 0 Å². The molecule has 1 unspecified atom stereocenters. The van der Waals surface area contributed by atoms with Crippen molar-refractivity contribution >= 4 is 12.0 Å². The van der Waals surface area contributed by atoms with Gasteiger partial charge in [-0.25, -0.2) is 0 Å². The van der Waals surface area contributed by atoms with Gasteiger partial charge in [0.1, 0.15) is 5.75 Å². The number of ether oxygens (including phenoxy) is 4. The smallest absolute Gasteiger partial charge is 0.244 e. The summed E-state index contributed by atoms with van der Waals surface area (Å²) >= 11 is 0. The lowest BCUT2D eigenvalue weighted by Crippen LogP contribution is -2.31. The lowest BCUT2D eigenvalue weighted by molar-refractivity contribution is -0.117. The zero-order chi connectivity index (χ0) is 20.1. The maximum atomic E-state index is 12.5. The minimum absolute atomic E-state index is 0.0688. The molecule has 1 heterocycles. The number of fused-ring (bicyclic) bond motifs is 1. The van der Waals surface area contributed by atoms with Gasteiger partial charge in [0.15, 0.2) is 11.5 Å². The largest absolute Gasteiger partial charge is 0.493 e. The molecule has 0 radical (unpaired) electrons. The van der Waals surface area contributed by atoms with E-state index in [9.17, 15) is 4.79 Å². The maximum Gasteiger partial charge on any atom is 0.244 e. The SMILES string of the molecule is COc1cc(/C=C/C(=O)NC2CCOc3ccc(C)cc32)cc(OC)c1OC. The Morgan fingerprint density at radius 3 is 2.46 bits per heavy atom. The van der Waals surface area contributed by atoms with Crippen LogP contribution in [-0.4, -0.2) is 33.8 Å². The molecular weight excluding hydrogens is 358 g/mol. The van der Waals surface area contributed by atoms with Gasteiger partial charge < -0.3 is 24.3 Å². The van der Waals surface area contributed by atoms with Gasteiger partial charge >= 0.3 is 0 Å². The van der Waals surface area contributed by atoms with Crippen LogP contribution in [0.2, 0.25) is 0 Å². The van der Waals surface area contributed by atoms with Crippen LogP contribution in [0.15, 0.2) is 36.4 Å². The Labute approximate surface area is 165 Å². The normalized spacial score (nSPS) is 15.5. The Kier molecular flexibility index (Phi) is 6.09. The first-order valence-corrected chi connectivity index (χ1v) is 9.07. The molecule has 0 saturated carbocycles. The molecule has 1 amide bonds.